The van der Waals surface area contributed by atoms with Gasteiger partial charge in [-0.25, -0.2) is 4.98 Å². The average Bonchev–Trinajstić information content (AvgIpc) is 2.76. The molecule has 0 amide bonds. The number of thiazole rings is 1. The molecule has 0 aliphatic heterocycles. The molecule has 1 aromatic rings. The number of rotatable bonds is 7. The number of aromatic nitrogens is 1. The highest BCUT2D eigenvalue weighted by Gasteiger charge is 2.09. The average molecular weight is 227 g/mol. The van der Waals surface area contributed by atoms with Gasteiger partial charge in [-0.3, -0.25) is 0 Å². The van der Waals surface area contributed by atoms with Crippen LogP contribution >= 0.6 is 11.3 Å². The molecule has 4 heteroatoms. The molecule has 0 spiro atoms. The lowest BCUT2D eigenvalue weighted by molar-refractivity contribution is 0.484. The molecule has 86 valence electrons. The van der Waals surface area contributed by atoms with Gasteiger partial charge in [0, 0.05) is 24.2 Å². The molecular weight excluding hydrogens is 206 g/mol. The van der Waals surface area contributed by atoms with Crippen LogP contribution in [0.3, 0.4) is 0 Å². The fraction of sp³-hybridized carbons (Fsp3) is 0.727. The quantitative estimate of drug-likeness (QED) is 0.751. The third-order valence-electron chi connectivity index (χ3n) is 2.44. The van der Waals surface area contributed by atoms with Crippen molar-refractivity contribution >= 4 is 11.3 Å². The monoisotopic (exact) mass is 227 g/mol. The number of unbranched alkanes of at least 4 members (excludes halogenated alkanes) is 1. The van der Waals surface area contributed by atoms with Gasteiger partial charge in [-0.2, -0.15) is 0 Å². The van der Waals surface area contributed by atoms with E-state index in [4.69, 9.17) is 5.73 Å². The van der Waals surface area contributed by atoms with Crippen molar-refractivity contribution < 1.29 is 0 Å². The predicted octanol–water partition coefficient (Wildman–Crippen LogP) is 2.31. The number of nitrogens with zero attached hydrogens (tertiary/aromatic N) is 1. The number of nitrogens with one attached hydrogen (secondary N) is 1. The van der Waals surface area contributed by atoms with Gasteiger partial charge in [0.15, 0.2) is 0 Å². The smallest absolute Gasteiger partial charge is 0.109 e. The van der Waals surface area contributed by atoms with Crippen molar-refractivity contribution in [3.63, 3.8) is 0 Å². The van der Waals surface area contributed by atoms with Crippen LogP contribution in [0.1, 0.15) is 44.2 Å². The standard InChI is InChI=1S/C11H21N3S/c1-3-4-5-10(12)8-14-9(2)11-13-6-7-15-11/h6-7,9-10,14H,3-5,8,12H2,1-2H3. The Morgan fingerprint density at radius 1 is 1.60 bits per heavy atom. The zero-order valence-electron chi connectivity index (χ0n) is 9.57. The van der Waals surface area contributed by atoms with E-state index in [2.05, 4.69) is 24.1 Å². The molecule has 0 aromatic carbocycles. The first-order valence-corrected chi connectivity index (χ1v) is 6.50. The Morgan fingerprint density at radius 2 is 2.40 bits per heavy atom. The third-order valence-corrected chi connectivity index (χ3v) is 3.39. The molecule has 0 radical (unpaired) electrons. The van der Waals surface area contributed by atoms with Crippen LogP contribution in [0.5, 0.6) is 0 Å². The fourth-order valence-corrected chi connectivity index (χ4v) is 2.10. The van der Waals surface area contributed by atoms with Crippen molar-refractivity contribution in [2.24, 2.45) is 5.73 Å². The van der Waals surface area contributed by atoms with Crippen LogP contribution in [0.15, 0.2) is 11.6 Å². The van der Waals surface area contributed by atoms with Gasteiger partial charge >= 0.3 is 0 Å². The summed E-state index contributed by atoms with van der Waals surface area (Å²) in [6.45, 7) is 5.20. The van der Waals surface area contributed by atoms with E-state index in [-0.39, 0.29) is 6.04 Å². The molecule has 0 saturated heterocycles. The number of hydrogen-bond acceptors (Lipinski definition) is 4. The lowest BCUT2D eigenvalue weighted by Gasteiger charge is -2.15. The summed E-state index contributed by atoms with van der Waals surface area (Å²) in [7, 11) is 0. The van der Waals surface area contributed by atoms with E-state index in [0.29, 0.717) is 6.04 Å². The summed E-state index contributed by atoms with van der Waals surface area (Å²) in [5, 5.41) is 6.56. The first kappa shape index (κ1) is 12.6. The molecular formula is C11H21N3S. The molecule has 0 fully saturated rings. The maximum absolute atomic E-state index is 5.98. The van der Waals surface area contributed by atoms with Gasteiger partial charge in [-0.15, -0.1) is 11.3 Å². The van der Waals surface area contributed by atoms with E-state index in [1.54, 1.807) is 11.3 Å². The van der Waals surface area contributed by atoms with Gasteiger partial charge in [-0.05, 0) is 13.3 Å². The first-order chi connectivity index (χ1) is 7.24. The third kappa shape index (κ3) is 4.73. The Morgan fingerprint density at radius 3 is 3.00 bits per heavy atom. The Balaban J connectivity index is 2.19. The van der Waals surface area contributed by atoms with E-state index < -0.39 is 0 Å². The summed E-state index contributed by atoms with van der Waals surface area (Å²) >= 11 is 1.69. The Bertz CT molecular complexity index is 248. The topological polar surface area (TPSA) is 50.9 Å². The highest BCUT2D eigenvalue weighted by Crippen LogP contribution is 2.14. The number of hydrogen-bond donors (Lipinski definition) is 2. The van der Waals surface area contributed by atoms with Crippen molar-refractivity contribution in [3.8, 4) is 0 Å². The van der Waals surface area contributed by atoms with Crippen molar-refractivity contribution in [2.45, 2.75) is 45.2 Å². The molecule has 0 saturated carbocycles. The molecule has 2 atom stereocenters. The summed E-state index contributed by atoms with van der Waals surface area (Å²) in [5.74, 6) is 0. The lowest BCUT2D eigenvalue weighted by Crippen LogP contribution is -2.35. The Kier molecular flexibility index (Phi) is 5.83. The van der Waals surface area contributed by atoms with Crippen LogP contribution in [-0.2, 0) is 0 Å². The fourth-order valence-electron chi connectivity index (χ4n) is 1.43. The minimum Gasteiger partial charge on any atom is -0.327 e. The zero-order chi connectivity index (χ0) is 11.1. The van der Waals surface area contributed by atoms with Crippen molar-refractivity contribution in [2.75, 3.05) is 6.54 Å². The maximum atomic E-state index is 5.98. The minimum absolute atomic E-state index is 0.271. The summed E-state index contributed by atoms with van der Waals surface area (Å²) in [6, 6.07) is 0.588. The van der Waals surface area contributed by atoms with E-state index in [0.717, 1.165) is 18.0 Å². The van der Waals surface area contributed by atoms with Crippen LogP contribution in [0, 0.1) is 0 Å². The van der Waals surface area contributed by atoms with Crippen LogP contribution < -0.4 is 11.1 Å². The molecule has 0 aliphatic rings. The molecule has 3 N–H and O–H groups in total. The zero-order valence-corrected chi connectivity index (χ0v) is 10.4. The lowest BCUT2D eigenvalue weighted by atomic mass is 10.1. The largest absolute Gasteiger partial charge is 0.327 e. The molecule has 1 heterocycles. The van der Waals surface area contributed by atoms with Gasteiger partial charge in [0.2, 0.25) is 0 Å². The molecule has 0 aliphatic carbocycles. The second-order valence-corrected chi connectivity index (χ2v) is 4.83. The van der Waals surface area contributed by atoms with Crippen molar-refractivity contribution in [3.05, 3.63) is 16.6 Å². The molecule has 1 aromatic heterocycles. The molecule has 3 nitrogen and oxygen atoms in total. The maximum Gasteiger partial charge on any atom is 0.109 e. The van der Waals surface area contributed by atoms with Gasteiger partial charge < -0.3 is 11.1 Å². The van der Waals surface area contributed by atoms with Crippen molar-refractivity contribution in [1.29, 1.82) is 0 Å². The second-order valence-electron chi connectivity index (χ2n) is 3.90. The SMILES string of the molecule is CCCCC(N)CNC(C)c1nccs1. The Hall–Kier alpha value is -0.450. The van der Waals surface area contributed by atoms with Crippen LogP contribution in [0.2, 0.25) is 0 Å². The minimum atomic E-state index is 0.271. The molecule has 15 heavy (non-hydrogen) atoms. The summed E-state index contributed by atoms with van der Waals surface area (Å²) in [4.78, 5) is 4.27. The van der Waals surface area contributed by atoms with E-state index in [1.807, 2.05) is 11.6 Å². The molecule has 2 unspecified atom stereocenters. The van der Waals surface area contributed by atoms with Gasteiger partial charge in [-0.1, -0.05) is 19.8 Å². The predicted molar refractivity (Wildman–Crippen MR) is 66.0 cm³/mol. The van der Waals surface area contributed by atoms with E-state index in [9.17, 15) is 0 Å². The van der Waals surface area contributed by atoms with Gasteiger partial charge in [0.1, 0.15) is 5.01 Å². The van der Waals surface area contributed by atoms with Crippen molar-refractivity contribution in [1.82, 2.24) is 10.3 Å². The molecule has 1 rings (SSSR count). The normalized spacial score (nSPS) is 15.1. The van der Waals surface area contributed by atoms with E-state index in [1.165, 1.54) is 12.8 Å². The molecule has 0 bridgehead atoms. The number of nitrogens with two attached hydrogens (primary N) is 1. The van der Waals surface area contributed by atoms with Crippen LogP contribution in [0.25, 0.3) is 0 Å². The van der Waals surface area contributed by atoms with Gasteiger partial charge in [0.25, 0.3) is 0 Å². The Labute approximate surface area is 96.1 Å². The highest BCUT2D eigenvalue weighted by atomic mass is 32.1. The van der Waals surface area contributed by atoms with Crippen LogP contribution in [0.4, 0.5) is 0 Å². The summed E-state index contributed by atoms with van der Waals surface area (Å²) in [5.41, 5.74) is 5.98. The summed E-state index contributed by atoms with van der Waals surface area (Å²) in [6.07, 6.45) is 5.38. The van der Waals surface area contributed by atoms with E-state index >= 15 is 0 Å². The second kappa shape index (κ2) is 6.93. The first-order valence-electron chi connectivity index (χ1n) is 5.62. The summed E-state index contributed by atoms with van der Waals surface area (Å²) < 4.78 is 0. The highest BCUT2D eigenvalue weighted by molar-refractivity contribution is 7.09. The van der Waals surface area contributed by atoms with Crippen LogP contribution in [-0.4, -0.2) is 17.6 Å². The van der Waals surface area contributed by atoms with Gasteiger partial charge in [0.05, 0.1) is 6.04 Å².